The molecule has 0 spiro atoms. The number of rotatable bonds is 7. The van der Waals surface area contributed by atoms with E-state index in [0.29, 0.717) is 0 Å². The maximum Gasteiger partial charge on any atom is 0.193 e. The lowest BCUT2D eigenvalue weighted by Gasteiger charge is -2.16. The molecule has 0 aliphatic carbocycles. The summed E-state index contributed by atoms with van der Waals surface area (Å²) in [7, 11) is 0. The normalized spacial score (nSPS) is 11.1. The Hall–Kier alpha value is -4.00. The summed E-state index contributed by atoms with van der Waals surface area (Å²) in [6, 6.07) is 38.0. The predicted octanol–water partition coefficient (Wildman–Crippen LogP) is 8.64. The van der Waals surface area contributed by atoms with Crippen molar-refractivity contribution in [1.29, 1.82) is 0 Å². The molecular formula is C32H26N4S2. The molecule has 2 heterocycles. The van der Waals surface area contributed by atoms with Gasteiger partial charge in [-0.05, 0) is 61.6 Å². The van der Waals surface area contributed by atoms with Gasteiger partial charge in [-0.3, -0.25) is 0 Å². The van der Waals surface area contributed by atoms with Crippen molar-refractivity contribution in [3.63, 3.8) is 0 Å². The van der Waals surface area contributed by atoms with Crippen molar-refractivity contribution in [2.24, 2.45) is 0 Å². The first-order chi connectivity index (χ1) is 18.7. The van der Waals surface area contributed by atoms with E-state index in [4.69, 9.17) is 9.97 Å². The molecule has 0 radical (unpaired) electrons. The quantitative estimate of drug-likeness (QED) is 0.207. The van der Waals surface area contributed by atoms with E-state index in [9.17, 15) is 0 Å². The second-order valence-corrected chi connectivity index (χ2v) is 11.1. The van der Waals surface area contributed by atoms with Crippen LogP contribution < -0.4 is 0 Å². The molecule has 2 aromatic heterocycles. The minimum atomic E-state index is 0.869. The van der Waals surface area contributed by atoms with Crippen LogP contribution in [0.2, 0.25) is 0 Å². The van der Waals surface area contributed by atoms with Crippen molar-refractivity contribution in [3.05, 3.63) is 133 Å². The van der Waals surface area contributed by atoms with E-state index in [-0.39, 0.29) is 0 Å². The maximum absolute atomic E-state index is 5.26. The van der Waals surface area contributed by atoms with E-state index in [1.54, 1.807) is 23.5 Å². The van der Waals surface area contributed by atoms with Gasteiger partial charge in [0.2, 0.25) is 0 Å². The van der Waals surface area contributed by atoms with Gasteiger partial charge in [-0.2, -0.15) is 0 Å². The van der Waals surface area contributed by atoms with Gasteiger partial charge in [0.25, 0.3) is 0 Å². The van der Waals surface area contributed by atoms with Gasteiger partial charge in [0.05, 0.1) is 11.4 Å². The van der Waals surface area contributed by atoms with Crippen molar-refractivity contribution in [2.75, 3.05) is 0 Å². The van der Waals surface area contributed by atoms with E-state index in [1.165, 1.54) is 11.1 Å². The fourth-order valence-electron chi connectivity index (χ4n) is 4.24. The van der Waals surface area contributed by atoms with Crippen LogP contribution in [0.4, 0.5) is 0 Å². The molecule has 6 aromatic rings. The SMILES string of the molecule is Cc1ccc(Sc2nccn2-n2c(Sc3ccc(C)cc3)nc(-c3ccccc3)c2-c2ccccc2)cc1. The molecule has 4 aromatic carbocycles. The Morgan fingerprint density at radius 3 is 1.68 bits per heavy atom. The molecule has 0 saturated heterocycles. The Kier molecular flexibility index (Phi) is 6.90. The third-order valence-corrected chi connectivity index (χ3v) is 8.12. The molecule has 38 heavy (non-hydrogen) atoms. The molecule has 6 rings (SSSR count). The number of nitrogens with zero attached hydrogens (tertiary/aromatic N) is 4. The van der Waals surface area contributed by atoms with Crippen LogP contribution in [0.15, 0.2) is 142 Å². The lowest BCUT2D eigenvalue weighted by molar-refractivity contribution is 0.548. The van der Waals surface area contributed by atoms with E-state index in [2.05, 4.69) is 120 Å². The maximum atomic E-state index is 5.26. The van der Waals surface area contributed by atoms with Crippen molar-refractivity contribution in [2.45, 2.75) is 34.0 Å². The second kappa shape index (κ2) is 10.8. The number of hydrogen-bond donors (Lipinski definition) is 0. The van der Waals surface area contributed by atoms with Gasteiger partial charge in [0, 0.05) is 33.3 Å². The number of imidazole rings is 2. The summed E-state index contributed by atoms with van der Waals surface area (Å²) >= 11 is 3.30. The minimum absolute atomic E-state index is 0.869. The Morgan fingerprint density at radius 2 is 1.11 bits per heavy atom. The Bertz CT molecular complexity index is 1650. The lowest BCUT2D eigenvalue weighted by Crippen LogP contribution is -2.12. The number of aryl methyl sites for hydroxylation is 2. The van der Waals surface area contributed by atoms with E-state index in [1.807, 2.05) is 24.5 Å². The van der Waals surface area contributed by atoms with Crippen molar-refractivity contribution >= 4 is 23.5 Å². The summed E-state index contributed by atoms with van der Waals surface area (Å²) in [5.41, 5.74) is 6.60. The van der Waals surface area contributed by atoms with Gasteiger partial charge in [0.1, 0.15) is 0 Å². The summed E-state index contributed by atoms with van der Waals surface area (Å²) in [6.45, 7) is 4.21. The molecular weight excluding hydrogens is 505 g/mol. The summed E-state index contributed by atoms with van der Waals surface area (Å²) < 4.78 is 4.31. The zero-order valence-corrected chi connectivity index (χ0v) is 22.8. The highest BCUT2D eigenvalue weighted by molar-refractivity contribution is 7.99. The summed E-state index contributed by atoms with van der Waals surface area (Å²) in [5, 5.41) is 1.74. The average molecular weight is 531 g/mol. The number of hydrogen-bond acceptors (Lipinski definition) is 4. The molecule has 0 aliphatic rings. The highest BCUT2D eigenvalue weighted by Crippen LogP contribution is 2.39. The van der Waals surface area contributed by atoms with Gasteiger partial charge in [-0.15, -0.1) is 0 Å². The van der Waals surface area contributed by atoms with Gasteiger partial charge < -0.3 is 0 Å². The summed E-state index contributed by atoms with van der Waals surface area (Å²) in [4.78, 5) is 12.3. The minimum Gasteiger partial charge on any atom is -0.229 e. The van der Waals surface area contributed by atoms with Crippen molar-refractivity contribution in [1.82, 2.24) is 19.3 Å². The molecule has 0 saturated carbocycles. The average Bonchev–Trinajstić information content (AvgIpc) is 3.56. The lowest BCUT2D eigenvalue weighted by atomic mass is 10.1. The zero-order valence-electron chi connectivity index (χ0n) is 21.2. The molecule has 0 atom stereocenters. The highest BCUT2D eigenvalue weighted by atomic mass is 32.2. The first-order valence-electron chi connectivity index (χ1n) is 12.4. The molecule has 6 heteroatoms. The topological polar surface area (TPSA) is 35.6 Å². The molecule has 0 amide bonds. The van der Waals surface area contributed by atoms with Crippen LogP contribution in [0.25, 0.3) is 22.5 Å². The van der Waals surface area contributed by atoms with Crippen molar-refractivity contribution in [3.8, 4) is 22.5 Å². The zero-order chi connectivity index (χ0) is 25.9. The molecule has 0 bridgehead atoms. The summed E-state index contributed by atoms with van der Waals surface area (Å²) in [5.74, 6) is 0. The highest BCUT2D eigenvalue weighted by Gasteiger charge is 2.24. The van der Waals surface area contributed by atoms with Crippen LogP contribution in [0.5, 0.6) is 0 Å². The fourth-order valence-corrected chi connectivity index (χ4v) is 5.96. The molecule has 0 fully saturated rings. The largest absolute Gasteiger partial charge is 0.229 e. The first kappa shape index (κ1) is 24.3. The van der Waals surface area contributed by atoms with Crippen LogP contribution in [0, 0.1) is 13.8 Å². The van der Waals surface area contributed by atoms with Crippen LogP contribution in [-0.2, 0) is 0 Å². The third-order valence-electron chi connectivity index (χ3n) is 6.18. The molecule has 4 nitrogen and oxygen atoms in total. The Morgan fingerprint density at radius 1 is 0.579 bits per heavy atom. The van der Waals surface area contributed by atoms with Crippen LogP contribution >= 0.6 is 23.5 Å². The molecule has 186 valence electrons. The van der Waals surface area contributed by atoms with E-state index < -0.39 is 0 Å². The van der Waals surface area contributed by atoms with E-state index in [0.717, 1.165) is 42.6 Å². The Labute approximate surface area is 231 Å². The third kappa shape index (κ3) is 5.05. The molecule has 0 N–H and O–H groups in total. The van der Waals surface area contributed by atoms with Gasteiger partial charge in [-0.25, -0.2) is 19.3 Å². The van der Waals surface area contributed by atoms with Gasteiger partial charge in [0.15, 0.2) is 10.3 Å². The van der Waals surface area contributed by atoms with Gasteiger partial charge >= 0.3 is 0 Å². The number of benzene rings is 4. The van der Waals surface area contributed by atoms with Crippen LogP contribution in [0.3, 0.4) is 0 Å². The van der Waals surface area contributed by atoms with Crippen LogP contribution in [0.1, 0.15) is 11.1 Å². The second-order valence-electron chi connectivity index (χ2n) is 9.02. The molecule has 0 unspecified atom stereocenters. The molecule has 0 aliphatic heterocycles. The smallest absolute Gasteiger partial charge is 0.193 e. The number of aromatic nitrogens is 4. The standard InChI is InChI=1S/C32H26N4S2/c1-23-13-17-27(18-14-23)37-31-33-21-22-35(31)36-30(26-11-7-4-8-12-26)29(25-9-5-3-6-10-25)34-32(36)38-28-19-15-24(2)16-20-28/h3-22H,1-2H3. The monoisotopic (exact) mass is 530 g/mol. The predicted molar refractivity (Wildman–Crippen MR) is 157 cm³/mol. The van der Waals surface area contributed by atoms with E-state index >= 15 is 0 Å². The fraction of sp³-hybridized carbons (Fsp3) is 0.0625. The van der Waals surface area contributed by atoms with Crippen molar-refractivity contribution < 1.29 is 0 Å². The van der Waals surface area contributed by atoms with Gasteiger partial charge in [-0.1, -0.05) is 96.1 Å². The Balaban J connectivity index is 1.57. The summed E-state index contributed by atoms with van der Waals surface area (Å²) in [6.07, 6.45) is 3.87. The van der Waals surface area contributed by atoms with Crippen LogP contribution in [-0.4, -0.2) is 19.3 Å². The first-order valence-corrected chi connectivity index (χ1v) is 14.1.